The summed E-state index contributed by atoms with van der Waals surface area (Å²) >= 11 is 11.8. The second kappa shape index (κ2) is 13.4. The van der Waals surface area contributed by atoms with Gasteiger partial charge in [-0.3, -0.25) is 14.4 Å². The summed E-state index contributed by atoms with van der Waals surface area (Å²) < 4.78 is 9.99. The molecule has 0 saturated heterocycles. The lowest BCUT2D eigenvalue weighted by molar-refractivity contribution is -0.147. The molecule has 0 bridgehead atoms. The van der Waals surface area contributed by atoms with E-state index in [1.807, 2.05) is 6.92 Å². The van der Waals surface area contributed by atoms with Gasteiger partial charge in [-0.1, -0.05) is 36.5 Å². The molecule has 10 heteroatoms. The van der Waals surface area contributed by atoms with Gasteiger partial charge >= 0.3 is 11.9 Å². The number of carbonyl (C=O) groups excluding carboxylic acids is 4. The van der Waals surface area contributed by atoms with Gasteiger partial charge in [-0.15, -0.1) is 0 Å². The maximum absolute atomic E-state index is 12.0. The Morgan fingerprint density at radius 1 is 0.879 bits per heavy atom. The molecular formula is C23H24Cl2N2O6. The largest absolute Gasteiger partial charge is 0.462 e. The van der Waals surface area contributed by atoms with Crippen LogP contribution in [0.2, 0.25) is 10.0 Å². The van der Waals surface area contributed by atoms with Gasteiger partial charge in [-0.05, 0) is 48.9 Å². The molecule has 2 N–H and O–H groups in total. The van der Waals surface area contributed by atoms with Crippen molar-refractivity contribution in [3.8, 4) is 0 Å². The first-order valence-electron chi connectivity index (χ1n) is 10.3. The standard InChI is InChI=1S/C23H24Cl2N2O6/c1-2-3-12-32-23(31)15-4-7-17(8-5-15)26-20(28)10-11-22(30)33-14-21(29)27-19-13-16(24)6-9-18(19)25/h4-9,13H,2-3,10-12,14H2,1H3,(H,26,28)(H,27,29). The van der Waals surface area contributed by atoms with Crippen molar-refractivity contribution in [2.75, 3.05) is 23.8 Å². The summed E-state index contributed by atoms with van der Waals surface area (Å²) in [6.07, 6.45) is 1.38. The summed E-state index contributed by atoms with van der Waals surface area (Å²) in [6, 6.07) is 10.8. The quantitative estimate of drug-likeness (QED) is 0.341. The molecule has 0 fully saturated rings. The molecule has 2 aromatic carbocycles. The van der Waals surface area contributed by atoms with Crippen LogP contribution in [0.4, 0.5) is 11.4 Å². The zero-order valence-electron chi connectivity index (χ0n) is 18.0. The normalized spacial score (nSPS) is 10.3. The maximum Gasteiger partial charge on any atom is 0.338 e. The molecule has 0 aliphatic heterocycles. The Morgan fingerprint density at radius 2 is 1.61 bits per heavy atom. The molecule has 0 aliphatic carbocycles. The van der Waals surface area contributed by atoms with Crippen molar-refractivity contribution < 1.29 is 28.7 Å². The molecule has 0 heterocycles. The van der Waals surface area contributed by atoms with Crippen LogP contribution in [-0.2, 0) is 23.9 Å². The van der Waals surface area contributed by atoms with E-state index in [1.54, 1.807) is 30.3 Å². The first-order valence-corrected chi connectivity index (χ1v) is 11.0. The summed E-state index contributed by atoms with van der Waals surface area (Å²) in [5.41, 5.74) is 1.14. The Bertz CT molecular complexity index is 995. The van der Waals surface area contributed by atoms with Crippen molar-refractivity contribution in [2.24, 2.45) is 0 Å². The minimum atomic E-state index is -0.706. The Labute approximate surface area is 201 Å². The highest BCUT2D eigenvalue weighted by Crippen LogP contribution is 2.25. The first kappa shape index (κ1) is 26.2. The Morgan fingerprint density at radius 3 is 2.30 bits per heavy atom. The molecule has 2 aromatic rings. The van der Waals surface area contributed by atoms with Crippen LogP contribution in [0.3, 0.4) is 0 Å². The Balaban J connectivity index is 1.70. The average Bonchev–Trinajstić information content (AvgIpc) is 2.79. The molecular weight excluding hydrogens is 471 g/mol. The predicted molar refractivity (Wildman–Crippen MR) is 126 cm³/mol. The fourth-order valence-corrected chi connectivity index (χ4v) is 2.86. The van der Waals surface area contributed by atoms with E-state index in [0.29, 0.717) is 28.6 Å². The van der Waals surface area contributed by atoms with E-state index < -0.39 is 30.4 Å². The predicted octanol–water partition coefficient (Wildman–Crippen LogP) is 4.85. The van der Waals surface area contributed by atoms with E-state index in [1.165, 1.54) is 12.1 Å². The minimum absolute atomic E-state index is 0.138. The van der Waals surface area contributed by atoms with Crippen LogP contribution in [0.5, 0.6) is 0 Å². The second-order valence-corrected chi connectivity index (χ2v) is 7.79. The lowest BCUT2D eigenvalue weighted by Crippen LogP contribution is -2.22. The number of rotatable bonds is 11. The zero-order valence-corrected chi connectivity index (χ0v) is 19.5. The number of benzene rings is 2. The molecule has 0 saturated carbocycles. The fraction of sp³-hybridized carbons (Fsp3) is 0.304. The topological polar surface area (TPSA) is 111 Å². The van der Waals surface area contributed by atoms with Gasteiger partial charge in [0.05, 0.1) is 29.3 Å². The van der Waals surface area contributed by atoms with E-state index in [2.05, 4.69) is 10.6 Å². The van der Waals surface area contributed by atoms with Gasteiger partial charge in [0.25, 0.3) is 5.91 Å². The van der Waals surface area contributed by atoms with Gasteiger partial charge in [0.15, 0.2) is 6.61 Å². The van der Waals surface area contributed by atoms with Gasteiger partial charge < -0.3 is 20.1 Å². The smallest absolute Gasteiger partial charge is 0.338 e. The first-order chi connectivity index (χ1) is 15.8. The number of anilines is 2. The number of hydrogen-bond acceptors (Lipinski definition) is 6. The highest BCUT2D eigenvalue weighted by atomic mass is 35.5. The summed E-state index contributed by atoms with van der Waals surface area (Å²) in [6.45, 7) is 1.83. The molecule has 33 heavy (non-hydrogen) atoms. The molecule has 8 nitrogen and oxygen atoms in total. The van der Waals surface area contributed by atoms with Crippen molar-refractivity contribution in [2.45, 2.75) is 32.6 Å². The fourth-order valence-electron chi connectivity index (χ4n) is 2.52. The zero-order chi connectivity index (χ0) is 24.2. The number of carbonyl (C=O) groups is 4. The third-order valence-electron chi connectivity index (χ3n) is 4.26. The molecule has 0 radical (unpaired) electrons. The molecule has 0 unspecified atom stereocenters. The van der Waals surface area contributed by atoms with Crippen LogP contribution in [0.15, 0.2) is 42.5 Å². The van der Waals surface area contributed by atoms with Gasteiger partial charge in [0.2, 0.25) is 5.91 Å². The molecule has 0 aromatic heterocycles. The van der Waals surface area contributed by atoms with E-state index in [-0.39, 0.29) is 17.9 Å². The van der Waals surface area contributed by atoms with Gasteiger partial charge in [-0.2, -0.15) is 0 Å². The summed E-state index contributed by atoms with van der Waals surface area (Å²) in [5, 5.41) is 5.78. The van der Waals surface area contributed by atoms with Crippen LogP contribution in [0, 0.1) is 0 Å². The minimum Gasteiger partial charge on any atom is -0.462 e. The Kier molecular flexibility index (Phi) is 10.7. The van der Waals surface area contributed by atoms with Gasteiger partial charge in [0.1, 0.15) is 0 Å². The molecule has 0 spiro atoms. The SMILES string of the molecule is CCCCOC(=O)c1ccc(NC(=O)CCC(=O)OCC(=O)Nc2cc(Cl)ccc2Cl)cc1. The number of hydrogen-bond donors (Lipinski definition) is 2. The second-order valence-electron chi connectivity index (χ2n) is 6.95. The monoisotopic (exact) mass is 494 g/mol. The highest BCUT2D eigenvalue weighted by molar-refractivity contribution is 6.35. The number of esters is 2. The van der Waals surface area contributed by atoms with Crippen LogP contribution in [-0.4, -0.2) is 37.0 Å². The van der Waals surface area contributed by atoms with Crippen LogP contribution >= 0.6 is 23.2 Å². The Hall–Kier alpha value is -3.10. The van der Waals surface area contributed by atoms with Crippen molar-refractivity contribution in [1.82, 2.24) is 0 Å². The van der Waals surface area contributed by atoms with Crippen molar-refractivity contribution >= 4 is 58.3 Å². The van der Waals surface area contributed by atoms with E-state index in [9.17, 15) is 19.2 Å². The van der Waals surface area contributed by atoms with E-state index >= 15 is 0 Å². The lowest BCUT2D eigenvalue weighted by atomic mass is 10.2. The van der Waals surface area contributed by atoms with Gasteiger partial charge in [-0.25, -0.2) is 4.79 Å². The lowest BCUT2D eigenvalue weighted by Gasteiger charge is -2.09. The number of nitrogens with one attached hydrogen (secondary N) is 2. The average molecular weight is 495 g/mol. The highest BCUT2D eigenvalue weighted by Gasteiger charge is 2.13. The van der Waals surface area contributed by atoms with Crippen LogP contribution in [0.25, 0.3) is 0 Å². The number of ether oxygens (including phenoxy) is 2. The number of unbranched alkanes of at least 4 members (excludes halogenated alkanes) is 1. The number of amides is 2. The molecule has 176 valence electrons. The van der Waals surface area contributed by atoms with Crippen LogP contribution < -0.4 is 10.6 Å². The van der Waals surface area contributed by atoms with Crippen molar-refractivity contribution in [3.05, 3.63) is 58.1 Å². The van der Waals surface area contributed by atoms with Crippen molar-refractivity contribution in [1.29, 1.82) is 0 Å². The molecule has 0 aliphatic rings. The molecule has 2 rings (SSSR count). The van der Waals surface area contributed by atoms with Crippen LogP contribution in [0.1, 0.15) is 43.0 Å². The maximum atomic E-state index is 12.0. The third kappa shape index (κ3) is 9.51. The van der Waals surface area contributed by atoms with Crippen molar-refractivity contribution in [3.63, 3.8) is 0 Å². The number of halogens is 2. The van der Waals surface area contributed by atoms with E-state index in [4.69, 9.17) is 32.7 Å². The summed E-state index contributed by atoms with van der Waals surface area (Å²) in [5.74, 6) is -2.14. The summed E-state index contributed by atoms with van der Waals surface area (Å²) in [7, 11) is 0. The molecule has 0 atom stereocenters. The van der Waals surface area contributed by atoms with E-state index in [0.717, 1.165) is 12.8 Å². The summed E-state index contributed by atoms with van der Waals surface area (Å²) in [4.78, 5) is 47.6. The molecule has 2 amide bonds. The third-order valence-corrected chi connectivity index (χ3v) is 4.82. The van der Waals surface area contributed by atoms with Gasteiger partial charge in [0, 0.05) is 17.1 Å².